The molecule has 0 aliphatic rings. The molecule has 4 nitrogen and oxygen atoms in total. The second kappa shape index (κ2) is 5.66. The second-order valence-electron chi connectivity index (χ2n) is 2.82. The van der Waals surface area contributed by atoms with Crippen molar-refractivity contribution in [2.24, 2.45) is 0 Å². The van der Waals surface area contributed by atoms with Gasteiger partial charge in [0.15, 0.2) is 0 Å². The SMILES string of the molecule is CC.Cc1nnc(-c2ccc(C#N)cc2)o1. The topological polar surface area (TPSA) is 62.7 Å². The molecule has 1 aromatic carbocycles. The van der Waals surface area contributed by atoms with Gasteiger partial charge in [-0.2, -0.15) is 5.26 Å². The number of aryl methyl sites for hydroxylation is 1. The fourth-order valence-corrected chi connectivity index (χ4v) is 1.10. The van der Waals surface area contributed by atoms with Crippen LogP contribution in [0, 0.1) is 18.3 Å². The van der Waals surface area contributed by atoms with Crippen molar-refractivity contribution < 1.29 is 4.42 Å². The third kappa shape index (κ3) is 2.67. The van der Waals surface area contributed by atoms with Crippen LogP contribution < -0.4 is 0 Å². The van der Waals surface area contributed by atoms with Crippen molar-refractivity contribution in [3.8, 4) is 17.5 Å². The molecular formula is C12H13N3O. The zero-order chi connectivity index (χ0) is 12.0. The van der Waals surface area contributed by atoms with Gasteiger partial charge in [-0.1, -0.05) is 13.8 Å². The van der Waals surface area contributed by atoms with E-state index in [9.17, 15) is 0 Å². The van der Waals surface area contributed by atoms with Crippen molar-refractivity contribution in [1.29, 1.82) is 5.26 Å². The first kappa shape index (κ1) is 11.9. The van der Waals surface area contributed by atoms with Gasteiger partial charge in [0.2, 0.25) is 11.8 Å². The van der Waals surface area contributed by atoms with Gasteiger partial charge < -0.3 is 4.42 Å². The summed E-state index contributed by atoms with van der Waals surface area (Å²) in [5.41, 5.74) is 1.44. The highest BCUT2D eigenvalue weighted by molar-refractivity contribution is 5.54. The minimum atomic E-state index is 0.479. The van der Waals surface area contributed by atoms with Gasteiger partial charge in [0.05, 0.1) is 11.6 Å². The number of benzene rings is 1. The lowest BCUT2D eigenvalue weighted by atomic mass is 10.1. The van der Waals surface area contributed by atoms with E-state index in [-0.39, 0.29) is 0 Å². The molecule has 2 rings (SSSR count). The van der Waals surface area contributed by atoms with Gasteiger partial charge in [-0.3, -0.25) is 0 Å². The zero-order valence-corrected chi connectivity index (χ0v) is 9.56. The second-order valence-corrected chi connectivity index (χ2v) is 2.82. The van der Waals surface area contributed by atoms with Crippen LogP contribution in [0.3, 0.4) is 0 Å². The third-order valence-corrected chi connectivity index (χ3v) is 1.79. The largest absolute Gasteiger partial charge is 0.421 e. The molecule has 0 radical (unpaired) electrons. The van der Waals surface area contributed by atoms with Gasteiger partial charge in [0, 0.05) is 12.5 Å². The molecule has 16 heavy (non-hydrogen) atoms. The molecule has 0 atom stereocenters. The summed E-state index contributed by atoms with van der Waals surface area (Å²) in [6.07, 6.45) is 0. The molecule has 1 heterocycles. The standard InChI is InChI=1S/C10H7N3O.C2H6/c1-7-12-13-10(14-7)9-4-2-8(6-11)3-5-9;1-2/h2-5H,1H3;1-2H3. The normalized spacial score (nSPS) is 8.88. The summed E-state index contributed by atoms with van der Waals surface area (Å²) in [5, 5.41) is 16.2. The summed E-state index contributed by atoms with van der Waals surface area (Å²) >= 11 is 0. The molecule has 0 aliphatic heterocycles. The predicted octanol–water partition coefficient (Wildman–Crippen LogP) is 2.94. The van der Waals surface area contributed by atoms with E-state index >= 15 is 0 Å². The van der Waals surface area contributed by atoms with E-state index in [1.165, 1.54) is 0 Å². The minimum absolute atomic E-state index is 0.479. The first-order valence-electron chi connectivity index (χ1n) is 5.10. The maximum Gasteiger partial charge on any atom is 0.247 e. The predicted molar refractivity (Wildman–Crippen MR) is 60.5 cm³/mol. The first-order valence-corrected chi connectivity index (χ1v) is 5.10. The third-order valence-electron chi connectivity index (χ3n) is 1.79. The monoisotopic (exact) mass is 215 g/mol. The van der Waals surface area contributed by atoms with E-state index in [4.69, 9.17) is 9.68 Å². The van der Waals surface area contributed by atoms with Crippen LogP contribution in [0.15, 0.2) is 28.7 Å². The molecule has 0 spiro atoms. The van der Waals surface area contributed by atoms with Crippen molar-refractivity contribution in [2.75, 3.05) is 0 Å². The van der Waals surface area contributed by atoms with E-state index in [1.807, 2.05) is 19.9 Å². The van der Waals surface area contributed by atoms with Crippen LogP contribution in [-0.2, 0) is 0 Å². The Morgan fingerprint density at radius 2 is 1.75 bits per heavy atom. The molecule has 0 bridgehead atoms. The molecule has 0 N–H and O–H groups in total. The summed E-state index contributed by atoms with van der Waals surface area (Å²) in [4.78, 5) is 0. The Morgan fingerprint density at radius 1 is 1.12 bits per heavy atom. The molecule has 4 heteroatoms. The van der Waals surface area contributed by atoms with Crippen molar-refractivity contribution in [3.05, 3.63) is 35.7 Å². The van der Waals surface area contributed by atoms with E-state index in [2.05, 4.69) is 10.2 Å². The first-order chi connectivity index (χ1) is 7.79. The molecule has 2 aromatic rings. The highest BCUT2D eigenvalue weighted by Crippen LogP contribution is 2.17. The van der Waals surface area contributed by atoms with E-state index in [0.29, 0.717) is 17.3 Å². The van der Waals surface area contributed by atoms with Crippen LogP contribution in [0.2, 0.25) is 0 Å². The summed E-state index contributed by atoms with van der Waals surface area (Å²) < 4.78 is 5.24. The number of aromatic nitrogens is 2. The van der Waals surface area contributed by atoms with Crippen LogP contribution in [0.1, 0.15) is 25.3 Å². The summed E-state index contributed by atoms with van der Waals surface area (Å²) in [5.74, 6) is 1.01. The lowest BCUT2D eigenvalue weighted by molar-refractivity contribution is 0.533. The Morgan fingerprint density at radius 3 is 2.19 bits per heavy atom. The molecular weight excluding hydrogens is 202 g/mol. The smallest absolute Gasteiger partial charge is 0.247 e. The fraction of sp³-hybridized carbons (Fsp3) is 0.250. The quantitative estimate of drug-likeness (QED) is 0.733. The van der Waals surface area contributed by atoms with Gasteiger partial charge in [-0.05, 0) is 24.3 Å². The Kier molecular flexibility index (Phi) is 4.22. The van der Waals surface area contributed by atoms with Crippen LogP contribution in [0.5, 0.6) is 0 Å². The van der Waals surface area contributed by atoms with E-state index < -0.39 is 0 Å². The van der Waals surface area contributed by atoms with Crippen LogP contribution in [-0.4, -0.2) is 10.2 Å². The summed E-state index contributed by atoms with van der Waals surface area (Å²) in [6, 6.07) is 9.04. The highest BCUT2D eigenvalue weighted by Gasteiger charge is 2.04. The number of hydrogen-bond donors (Lipinski definition) is 0. The van der Waals surface area contributed by atoms with Crippen molar-refractivity contribution in [3.63, 3.8) is 0 Å². The number of rotatable bonds is 1. The molecule has 82 valence electrons. The Labute approximate surface area is 94.5 Å². The van der Waals surface area contributed by atoms with E-state index in [1.54, 1.807) is 31.2 Å². The van der Waals surface area contributed by atoms with Crippen LogP contribution in [0.25, 0.3) is 11.5 Å². The average Bonchev–Trinajstić information content (AvgIpc) is 2.79. The lowest BCUT2D eigenvalue weighted by Gasteiger charge is -1.93. The van der Waals surface area contributed by atoms with Crippen molar-refractivity contribution in [2.45, 2.75) is 20.8 Å². The van der Waals surface area contributed by atoms with Crippen molar-refractivity contribution in [1.82, 2.24) is 10.2 Å². The number of nitrogens with zero attached hydrogens (tertiary/aromatic N) is 3. The van der Waals surface area contributed by atoms with Crippen LogP contribution >= 0.6 is 0 Å². The molecule has 0 amide bonds. The zero-order valence-electron chi connectivity index (χ0n) is 9.56. The molecule has 0 fully saturated rings. The summed E-state index contributed by atoms with van der Waals surface area (Å²) in [7, 11) is 0. The molecule has 0 saturated heterocycles. The molecule has 0 saturated carbocycles. The number of hydrogen-bond acceptors (Lipinski definition) is 4. The number of nitriles is 1. The van der Waals surface area contributed by atoms with E-state index in [0.717, 1.165) is 5.56 Å². The van der Waals surface area contributed by atoms with Crippen LogP contribution in [0.4, 0.5) is 0 Å². The van der Waals surface area contributed by atoms with Gasteiger partial charge >= 0.3 is 0 Å². The van der Waals surface area contributed by atoms with Gasteiger partial charge in [-0.25, -0.2) is 0 Å². The lowest BCUT2D eigenvalue weighted by Crippen LogP contribution is -1.78. The average molecular weight is 215 g/mol. The van der Waals surface area contributed by atoms with Gasteiger partial charge in [0.1, 0.15) is 0 Å². The highest BCUT2D eigenvalue weighted by atomic mass is 16.4. The summed E-state index contributed by atoms with van der Waals surface area (Å²) in [6.45, 7) is 5.74. The Hall–Kier alpha value is -2.15. The van der Waals surface area contributed by atoms with Crippen molar-refractivity contribution >= 4 is 0 Å². The minimum Gasteiger partial charge on any atom is -0.421 e. The maximum atomic E-state index is 8.60. The maximum absolute atomic E-state index is 8.60. The fourth-order valence-electron chi connectivity index (χ4n) is 1.10. The molecule has 0 unspecified atom stereocenters. The Balaban J connectivity index is 0.000000606. The van der Waals surface area contributed by atoms with Gasteiger partial charge in [0.25, 0.3) is 0 Å². The molecule has 0 aliphatic carbocycles. The molecule has 1 aromatic heterocycles. The Bertz CT molecular complexity index is 480. The van der Waals surface area contributed by atoms with Gasteiger partial charge in [-0.15, -0.1) is 10.2 Å².